The van der Waals surface area contributed by atoms with Crippen molar-refractivity contribution in [2.45, 2.75) is 25.7 Å². The van der Waals surface area contributed by atoms with Gasteiger partial charge in [-0.05, 0) is 6.42 Å². The summed E-state index contributed by atoms with van der Waals surface area (Å²) in [5.41, 5.74) is -0.838. The Morgan fingerprint density at radius 3 is 3.06 bits per heavy atom. The highest BCUT2D eigenvalue weighted by Gasteiger charge is 2.33. The normalized spacial score (nSPS) is 28.5. The molecule has 0 spiro atoms. The molecule has 1 aromatic rings. The lowest BCUT2D eigenvalue weighted by Crippen LogP contribution is -2.33. The van der Waals surface area contributed by atoms with E-state index in [2.05, 4.69) is 4.98 Å². The molecule has 1 aliphatic heterocycles. The fraction of sp³-hybridized carbons (Fsp3) is 0.600. The van der Waals surface area contributed by atoms with Crippen LogP contribution in [0.1, 0.15) is 19.6 Å². The van der Waals surface area contributed by atoms with Crippen LogP contribution in [-0.2, 0) is 7.80 Å². The van der Waals surface area contributed by atoms with Crippen molar-refractivity contribution in [3.8, 4) is 0 Å². The van der Waals surface area contributed by atoms with Crippen molar-refractivity contribution in [2.75, 3.05) is 6.61 Å². The van der Waals surface area contributed by atoms with Gasteiger partial charge in [0.15, 0.2) is 0 Å². The summed E-state index contributed by atoms with van der Waals surface area (Å²) in [7, 11) is 0. The number of aromatic nitrogens is 2. The second-order valence-electron chi connectivity index (χ2n) is 4.15. The zero-order valence-corrected chi connectivity index (χ0v) is 11.4. The molecule has 2 rings (SSSR count). The lowest BCUT2D eigenvalue weighted by atomic mass is 10.1. The lowest BCUT2D eigenvalue weighted by molar-refractivity contribution is -0.0244. The van der Waals surface area contributed by atoms with Crippen LogP contribution in [0.2, 0.25) is 0 Å². The molecule has 1 N–H and O–H groups in total. The van der Waals surface area contributed by atoms with Crippen molar-refractivity contribution in [3.63, 3.8) is 0 Å². The van der Waals surface area contributed by atoms with Gasteiger partial charge in [-0.2, -0.15) is 0 Å². The average molecular weight is 352 g/mol. The standard InChI is InChI=1S/C10H13IN2O4/c1-6-4-7(5-16-11)17-9(6)13-3-2-8(14)12-10(13)15/h2-3,6-7,9H,4-5H2,1H3,(H,12,14,15)/t6-,7-,9+/m0/s1. The fourth-order valence-corrected chi connectivity index (χ4v) is 2.46. The smallest absolute Gasteiger partial charge is 0.330 e. The van der Waals surface area contributed by atoms with Gasteiger partial charge in [-0.3, -0.25) is 14.3 Å². The number of rotatable bonds is 3. The summed E-state index contributed by atoms with van der Waals surface area (Å²) in [6.45, 7) is 2.51. The molecule has 94 valence electrons. The highest BCUT2D eigenvalue weighted by Crippen LogP contribution is 2.33. The third-order valence-corrected chi connectivity index (χ3v) is 3.19. The van der Waals surface area contributed by atoms with Crippen LogP contribution in [0.25, 0.3) is 0 Å². The third-order valence-electron chi connectivity index (χ3n) is 2.83. The lowest BCUT2D eigenvalue weighted by Gasteiger charge is -2.17. The van der Waals surface area contributed by atoms with E-state index in [1.807, 2.05) is 29.9 Å². The van der Waals surface area contributed by atoms with Crippen LogP contribution in [0.15, 0.2) is 21.9 Å². The van der Waals surface area contributed by atoms with Gasteiger partial charge in [-0.15, -0.1) is 0 Å². The number of hydrogen-bond donors (Lipinski definition) is 1. The molecule has 1 saturated heterocycles. The molecule has 0 radical (unpaired) electrons. The summed E-state index contributed by atoms with van der Waals surface area (Å²) in [5.74, 6) is 0.204. The fourth-order valence-electron chi connectivity index (χ4n) is 2.06. The van der Waals surface area contributed by atoms with Crippen LogP contribution < -0.4 is 11.2 Å². The molecule has 3 atom stereocenters. The average Bonchev–Trinajstić information content (AvgIpc) is 2.60. The first-order valence-electron chi connectivity index (χ1n) is 5.32. The number of nitrogens with zero attached hydrogens (tertiary/aromatic N) is 1. The molecule has 0 aliphatic carbocycles. The summed E-state index contributed by atoms with van der Waals surface area (Å²) in [6, 6.07) is 1.32. The van der Waals surface area contributed by atoms with E-state index in [1.165, 1.54) is 16.8 Å². The molecule has 1 aromatic heterocycles. The number of aromatic amines is 1. The minimum absolute atomic E-state index is 0.00859. The molecule has 1 aliphatic rings. The zero-order valence-electron chi connectivity index (χ0n) is 9.26. The molecule has 0 saturated carbocycles. The molecule has 1 fully saturated rings. The first kappa shape index (κ1) is 12.8. The van der Waals surface area contributed by atoms with Gasteiger partial charge in [-0.25, -0.2) is 4.79 Å². The van der Waals surface area contributed by atoms with E-state index >= 15 is 0 Å². The molecule has 0 aromatic carbocycles. The van der Waals surface area contributed by atoms with Crippen LogP contribution in [0.5, 0.6) is 0 Å². The van der Waals surface area contributed by atoms with Crippen molar-refractivity contribution >= 4 is 23.0 Å². The SMILES string of the molecule is C[C@H]1C[C@@H](COI)O[C@H]1n1ccc(=O)[nH]c1=O. The van der Waals surface area contributed by atoms with Gasteiger partial charge in [0.1, 0.15) is 29.2 Å². The van der Waals surface area contributed by atoms with Gasteiger partial charge < -0.3 is 7.80 Å². The molecule has 2 heterocycles. The molecule has 0 bridgehead atoms. The summed E-state index contributed by atoms with van der Waals surface area (Å²) in [6.07, 6.45) is 1.95. The Labute approximate surface area is 112 Å². The van der Waals surface area contributed by atoms with Gasteiger partial charge >= 0.3 is 5.69 Å². The van der Waals surface area contributed by atoms with E-state index < -0.39 is 11.2 Å². The Kier molecular flexibility index (Phi) is 4.00. The highest BCUT2D eigenvalue weighted by molar-refractivity contribution is 14.1. The van der Waals surface area contributed by atoms with Crippen molar-refractivity contribution < 1.29 is 7.80 Å². The van der Waals surface area contributed by atoms with E-state index in [0.29, 0.717) is 6.61 Å². The van der Waals surface area contributed by atoms with Crippen LogP contribution >= 0.6 is 23.0 Å². The van der Waals surface area contributed by atoms with Gasteiger partial charge in [0.25, 0.3) is 5.56 Å². The minimum atomic E-state index is -0.439. The van der Waals surface area contributed by atoms with Crippen LogP contribution in [0.3, 0.4) is 0 Å². The van der Waals surface area contributed by atoms with Crippen molar-refractivity contribution in [2.24, 2.45) is 5.92 Å². The Morgan fingerprint density at radius 1 is 1.65 bits per heavy atom. The monoisotopic (exact) mass is 352 g/mol. The molecular weight excluding hydrogens is 339 g/mol. The highest BCUT2D eigenvalue weighted by atomic mass is 127. The molecule has 0 unspecified atom stereocenters. The van der Waals surface area contributed by atoms with Gasteiger partial charge in [-0.1, -0.05) is 6.92 Å². The Balaban J connectivity index is 2.23. The zero-order chi connectivity index (χ0) is 12.4. The predicted octanol–water partition coefficient (Wildman–Crippen LogP) is 0.827. The Bertz CT molecular complexity index is 498. The second-order valence-corrected chi connectivity index (χ2v) is 4.78. The largest absolute Gasteiger partial charge is 0.352 e. The Morgan fingerprint density at radius 2 is 2.41 bits per heavy atom. The Hall–Kier alpha value is -0.670. The van der Waals surface area contributed by atoms with E-state index in [-0.39, 0.29) is 18.2 Å². The van der Waals surface area contributed by atoms with Gasteiger partial charge in [0.05, 0.1) is 12.7 Å². The summed E-state index contributed by atoms with van der Waals surface area (Å²) >= 11 is 1.82. The summed E-state index contributed by atoms with van der Waals surface area (Å²) in [5, 5.41) is 0. The molecule has 7 heteroatoms. The van der Waals surface area contributed by atoms with Gasteiger partial charge in [0, 0.05) is 18.2 Å². The van der Waals surface area contributed by atoms with Crippen molar-refractivity contribution in [1.82, 2.24) is 9.55 Å². The van der Waals surface area contributed by atoms with Crippen molar-refractivity contribution in [3.05, 3.63) is 33.1 Å². The van der Waals surface area contributed by atoms with Crippen molar-refractivity contribution in [1.29, 1.82) is 0 Å². The summed E-state index contributed by atoms with van der Waals surface area (Å²) in [4.78, 5) is 24.8. The second kappa shape index (κ2) is 5.32. The van der Waals surface area contributed by atoms with Crippen LogP contribution in [0.4, 0.5) is 0 Å². The first-order valence-corrected chi connectivity index (χ1v) is 6.20. The number of hydrogen-bond acceptors (Lipinski definition) is 4. The summed E-state index contributed by atoms with van der Waals surface area (Å²) < 4.78 is 12.2. The number of ether oxygens (including phenoxy) is 1. The van der Waals surface area contributed by atoms with Crippen LogP contribution in [-0.4, -0.2) is 22.3 Å². The predicted molar refractivity (Wildman–Crippen MR) is 69.0 cm³/mol. The van der Waals surface area contributed by atoms with Gasteiger partial charge in [0.2, 0.25) is 0 Å². The van der Waals surface area contributed by atoms with E-state index in [0.717, 1.165) is 6.42 Å². The molecular formula is C10H13IN2O4. The minimum Gasteiger partial charge on any atom is -0.352 e. The molecule has 6 nitrogen and oxygen atoms in total. The number of halogens is 1. The maximum atomic E-state index is 11.6. The maximum Gasteiger partial charge on any atom is 0.330 e. The maximum absolute atomic E-state index is 11.6. The van der Waals surface area contributed by atoms with E-state index in [4.69, 9.17) is 7.80 Å². The van der Waals surface area contributed by atoms with Crippen LogP contribution in [0, 0.1) is 5.92 Å². The topological polar surface area (TPSA) is 73.3 Å². The number of nitrogens with one attached hydrogen (secondary N) is 1. The first-order chi connectivity index (χ1) is 8.11. The third kappa shape index (κ3) is 2.78. The number of H-pyrrole nitrogens is 1. The van der Waals surface area contributed by atoms with E-state index in [9.17, 15) is 9.59 Å². The molecule has 17 heavy (non-hydrogen) atoms. The van der Waals surface area contributed by atoms with E-state index in [1.54, 1.807) is 0 Å². The quantitative estimate of drug-likeness (QED) is 0.818. The molecule has 0 amide bonds.